The molecular weight excluding hydrogens is 154 g/mol. The number of hydrogen-bond donors (Lipinski definition) is 1. The van der Waals surface area contributed by atoms with Gasteiger partial charge in [0.25, 0.3) is 0 Å². The maximum atomic E-state index is 6.01. The van der Waals surface area contributed by atoms with E-state index in [1.54, 1.807) is 0 Å². The second-order valence-electron chi connectivity index (χ2n) is 4.42. The van der Waals surface area contributed by atoms with E-state index in [0.717, 1.165) is 11.2 Å². The number of thioether (sulfide) groups is 1. The fourth-order valence-electron chi connectivity index (χ4n) is 2.31. The molecule has 1 aliphatic heterocycles. The lowest BCUT2D eigenvalue weighted by atomic mass is 10.1. The summed E-state index contributed by atoms with van der Waals surface area (Å²) in [6.45, 7) is 4.61. The van der Waals surface area contributed by atoms with Crippen LogP contribution < -0.4 is 5.73 Å². The van der Waals surface area contributed by atoms with Gasteiger partial charge in [0.15, 0.2) is 0 Å². The monoisotopic (exact) mass is 171 g/mol. The number of rotatable bonds is 1. The Morgan fingerprint density at radius 3 is 2.45 bits per heavy atom. The Labute approximate surface area is 73.1 Å². The maximum Gasteiger partial charge on any atom is 0.0139 e. The van der Waals surface area contributed by atoms with E-state index in [2.05, 4.69) is 25.6 Å². The molecule has 0 aromatic rings. The van der Waals surface area contributed by atoms with Crippen LogP contribution in [-0.4, -0.2) is 17.0 Å². The lowest BCUT2D eigenvalue weighted by molar-refractivity contribution is 0.532. The highest BCUT2D eigenvalue weighted by molar-refractivity contribution is 8.00. The summed E-state index contributed by atoms with van der Waals surface area (Å²) in [5, 5.41) is 0.889. The Balaban J connectivity index is 1.98. The van der Waals surface area contributed by atoms with Crippen molar-refractivity contribution >= 4 is 11.8 Å². The van der Waals surface area contributed by atoms with E-state index in [1.807, 2.05) is 0 Å². The van der Waals surface area contributed by atoms with Crippen LogP contribution in [0.3, 0.4) is 0 Å². The van der Waals surface area contributed by atoms with Crippen molar-refractivity contribution in [3.8, 4) is 0 Å². The summed E-state index contributed by atoms with van der Waals surface area (Å²) < 4.78 is 0. The summed E-state index contributed by atoms with van der Waals surface area (Å²) in [5.41, 5.74) is 6.46. The van der Waals surface area contributed by atoms with Crippen LogP contribution in [0.1, 0.15) is 26.7 Å². The molecule has 1 saturated heterocycles. The molecule has 3 atom stereocenters. The van der Waals surface area contributed by atoms with Crippen LogP contribution in [0.2, 0.25) is 0 Å². The van der Waals surface area contributed by atoms with Gasteiger partial charge < -0.3 is 5.73 Å². The molecule has 0 aromatic carbocycles. The largest absolute Gasteiger partial charge is 0.327 e. The van der Waals surface area contributed by atoms with Crippen LogP contribution in [0.5, 0.6) is 0 Å². The fraction of sp³-hybridized carbons (Fsp3) is 1.00. The topological polar surface area (TPSA) is 26.0 Å². The second kappa shape index (κ2) is 2.40. The molecule has 2 fully saturated rings. The summed E-state index contributed by atoms with van der Waals surface area (Å²) in [5.74, 6) is 2.18. The molecule has 0 bridgehead atoms. The predicted octanol–water partition coefficient (Wildman–Crippen LogP) is 1.87. The lowest BCUT2D eigenvalue weighted by Crippen LogP contribution is -2.10. The minimum atomic E-state index is 0.446. The van der Waals surface area contributed by atoms with Crippen LogP contribution in [0.4, 0.5) is 0 Å². The van der Waals surface area contributed by atoms with Crippen molar-refractivity contribution in [2.45, 2.75) is 38.0 Å². The van der Waals surface area contributed by atoms with Gasteiger partial charge in [-0.05, 0) is 29.9 Å². The van der Waals surface area contributed by atoms with Gasteiger partial charge in [-0.25, -0.2) is 0 Å². The predicted molar refractivity (Wildman–Crippen MR) is 50.7 cm³/mol. The van der Waals surface area contributed by atoms with Crippen LogP contribution in [0, 0.1) is 11.3 Å². The van der Waals surface area contributed by atoms with Crippen molar-refractivity contribution in [3.05, 3.63) is 0 Å². The molecule has 2 aliphatic rings. The quantitative estimate of drug-likeness (QED) is 0.652. The first-order valence-corrected chi connectivity index (χ1v) is 5.56. The summed E-state index contributed by atoms with van der Waals surface area (Å²) in [6.07, 6.45) is 2.82. The normalized spacial score (nSPS) is 47.7. The Morgan fingerprint density at radius 2 is 2.09 bits per heavy atom. The molecule has 0 amide bonds. The highest BCUT2D eigenvalue weighted by atomic mass is 32.2. The summed E-state index contributed by atoms with van der Waals surface area (Å²) >= 11 is 2.14. The van der Waals surface area contributed by atoms with E-state index in [-0.39, 0.29) is 0 Å². The molecule has 1 nitrogen and oxygen atoms in total. The summed E-state index contributed by atoms with van der Waals surface area (Å²) in [7, 11) is 0. The molecule has 0 aromatic heterocycles. The van der Waals surface area contributed by atoms with Crippen molar-refractivity contribution in [1.82, 2.24) is 0 Å². The lowest BCUT2D eigenvalue weighted by Gasteiger charge is -2.08. The van der Waals surface area contributed by atoms with Gasteiger partial charge in [-0.15, -0.1) is 0 Å². The molecule has 2 heteroatoms. The summed E-state index contributed by atoms with van der Waals surface area (Å²) in [4.78, 5) is 0. The first kappa shape index (κ1) is 7.93. The van der Waals surface area contributed by atoms with Crippen LogP contribution >= 0.6 is 11.8 Å². The van der Waals surface area contributed by atoms with Crippen molar-refractivity contribution in [2.75, 3.05) is 5.75 Å². The molecular formula is C9H17NS. The van der Waals surface area contributed by atoms with Crippen molar-refractivity contribution in [1.29, 1.82) is 0 Å². The first-order chi connectivity index (χ1) is 5.14. The van der Waals surface area contributed by atoms with Gasteiger partial charge in [0.2, 0.25) is 0 Å². The molecule has 1 unspecified atom stereocenters. The smallest absolute Gasteiger partial charge is 0.0139 e. The molecule has 11 heavy (non-hydrogen) atoms. The van der Waals surface area contributed by atoms with Crippen molar-refractivity contribution in [3.63, 3.8) is 0 Å². The SMILES string of the molecule is CC1(C)[C@@H](N)[C@@H]1C1CCCS1. The standard InChI is InChI=1S/C9H17NS/c1-9(2)7(8(9)10)6-4-3-5-11-6/h6-8H,3-5,10H2,1-2H3/t6?,7-,8-/m0/s1. The van der Waals surface area contributed by atoms with Gasteiger partial charge in [0.1, 0.15) is 0 Å². The van der Waals surface area contributed by atoms with Gasteiger partial charge >= 0.3 is 0 Å². The highest BCUT2D eigenvalue weighted by Crippen LogP contribution is 2.57. The second-order valence-corrected chi connectivity index (χ2v) is 5.77. The molecule has 1 heterocycles. The Kier molecular flexibility index (Phi) is 1.73. The highest BCUT2D eigenvalue weighted by Gasteiger charge is 2.59. The van der Waals surface area contributed by atoms with Gasteiger partial charge in [-0.1, -0.05) is 13.8 Å². The minimum Gasteiger partial charge on any atom is -0.327 e. The molecule has 2 rings (SSSR count). The van der Waals surface area contributed by atoms with Gasteiger partial charge in [0.05, 0.1) is 0 Å². The first-order valence-electron chi connectivity index (χ1n) is 4.51. The van der Waals surface area contributed by atoms with E-state index in [0.29, 0.717) is 11.5 Å². The third-order valence-electron chi connectivity index (χ3n) is 3.36. The number of nitrogens with two attached hydrogens (primary N) is 1. The average molecular weight is 171 g/mol. The van der Waals surface area contributed by atoms with Gasteiger partial charge in [-0.2, -0.15) is 11.8 Å². The Hall–Kier alpha value is 0.310. The van der Waals surface area contributed by atoms with E-state index in [4.69, 9.17) is 5.73 Å². The molecule has 0 spiro atoms. The van der Waals surface area contributed by atoms with Crippen molar-refractivity contribution in [2.24, 2.45) is 17.1 Å². The zero-order valence-corrected chi connectivity index (χ0v) is 8.16. The maximum absolute atomic E-state index is 6.01. The summed E-state index contributed by atoms with van der Waals surface area (Å²) in [6, 6.07) is 0.484. The van der Waals surface area contributed by atoms with E-state index < -0.39 is 0 Å². The van der Waals surface area contributed by atoms with Crippen LogP contribution in [0.25, 0.3) is 0 Å². The Morgan fingerprint density at radius 1 is 1.45 bits per heavy atom. The van der Waals surface area contributed by atoms with Crippen molar-refractivity contribution < 1.29 is 0 Å². The van der Waals surface area contributed by atoms with E-state index in [1.165, 1.54) is 18.6 Å². The number of hydrogen-bond acceptors (Lipinski definition) is 2. The Bertz CT molecular complexity index is 161. The minimum absolute atomic E-state index is 0.446. The van der Waals surface area contributed by atoms with Crippen LogP contribution in [-0.2, 0) is 0 Å². The molecule has 1 aliphatic carbocycles. The van der Waals surface area contributed by atoms with Crippen LogP contribution in [0.15, 0.2) is 0 Å². The van der Waals surface area contributed by atoms with Gasteiger partial charge in [-0.3, -0.25) is 0 Å². The molecule has 64 valence electrons. The zero-order chi connectivity index (χ0) is 8.06. The molecule has 1 saturated carbocycles. The average Bonchev–Trinajstić information content (AvgIpc) is 2.40. The van der Waals surface area contributed by atoms with E-state index >= 15 is 0 Å². The fourth-order valence-corrected chi connectivity index (χ4v) is 4.01. The third kappa shape index (κ3) is 1.11. The zero-order valence-electron chi connectivity index (χ0n) is 7.34. The molecule has 0 radical (unpaired) electrons. The molecule has 2 N–H and O–H groups in total. The van der Waals surface area contributed by atoms with Gasteiger partial charge in [0, 0.05) is 11.3 Å². The third-order valence-corrected chi connectivity index (χ3v) is 4.84. The van der Waals surface area contributed by atoms with E-state index in [9.17, 15) is 0 Å².